The zero-order valence-corrected chi connectivity index (χ0v) is 17.5. The molecule has 0 saturated carbocycles. The van der Waals surface area contributed by atoms with E-state index in [1.165, 1.54) is 12.3 Å². The Hall–Kier alpha value is -2.68. The van der Waals surface area contributed by atoms with Crippen molar-refractivity contribution in [1.29, 1.82) is 0 Å². The van der Waals surface area contributed by atoms with E-state index in [1.807, 2.05) is 4.90 Å². The van der Waals surface area contributed by atoms with Gasteiger partial charge in [0.2, 0.25) is 0 Å². The molecule has 1 saturated heterocycles. The molecule has 0 aliphatic carbocycles. The number of hydrogen-bond acceptors (Lipinski definition) is 4. The number of carbonyl (C=O) groups is 1. The van der Waals surface area contributed by atoms with Gasteiger partial charge in [-0.05, 0) is 35.6 Å². The zero-order chi connectivity index (χ0) is 21.7. The molecule has 0 spiro atoms. The largest absolute Gasteiger partial charge is 0.371 e. The zero-order valence-electron chi connectivity index (χ0n) is 16.7. The van der Waals surface area contributed by atoms with Crippen molar-refractivity contribution >= 4 is 21.6 Å². The number of amides is 2. The van der Waals surface area contributed by atoms with Gasteiger partial charge in [0.25, 0.3) is 0 Å². The summed E-state index contributed by atoms with van der Waals surface area (Å²) in [4.78, 5) is 14.0. The summed E-state index contributed by atoms with van der Waals surface area (Å²) in [6.45, 7) is 2.20. The lowest BCUT2D eigenvalue weighted by atomic mass is 10.1. The highest BCUT2D eigenvalue weighted by Crippen LogP contribution is 2.25. The fourth-order valence-corrected chi connectivity index (χ4v) is 4.25. The third-order valence-corrected chi connectivity index (χ3v) is 5.87. The van der Waals surface area contributed by atoms with Crippen LogP contribution in [0.3, 0.4) is 0 Å². The van der Waals surface area contributed by atoms with Crippen LogP contribution in [-0.4, -0.2) is 40.3 Å². The minimum atomic E-state index is -3.08. The van der Waals surface area contributed by atoms with Crippen LogP contribution >= 0.6 is 0 Å². The van der Waals surface area contributed by atoms with Crippen LogP contribution in [0.2, 0.25) is 0 Å². The van der Waals surface area contributed by atoms with Gasteiger partial charge in [-0.15, -0.1) is 0 Å². The monoisotopic (exact) mass is 437 g/mol. The maximum atomic E-state index is 13.4. The normalized spacial score (nSPS) is 16.5. The molecule has 2 aromatic rings. The molecule has 0 aromatic heterocycles. The van der Waals surface area contributed by atoms with Gasteiger partial charge in [-0.25, -0.2) is 22.0 Å². The Morgan fingerprint density at radius 1 is 1.07 bits per heavy atom. The summed E-state index contributed by atoms with van der Waals surface area (Å²) >= 11 is 0. The first kappa shape index (κ1) is 22.0. The number of hydrogen-bond donors (Lipinski definition) is 2. The fraction of sp³-hybridized carbons (Fsp3) is 0.381. The van der Waals surface area contributed by atoms with Crippen molar-refractivity contribution in [1.82, 2.24) is 10.6 Å². The molecule has 1 heterocycles. The Labute approximate surface area is 175 Å². The van der Waals surface area contributed by atoms with Crippen molar-refractivity contribution in [2.24, 2.45) is 5.92 Å². The molecule has 1 fully saturated rings. The van der Waals surface area contributed by atoms with Crippen LogP contribution in [0, 0.1) is 17.6 Å². The minimum Gasteiger partial charge on any atom is -0.371 e. The maximum absolute atomic E-state index is 13.4. The number of nitrogens with zero attached hydrogens (tertiary/aromatic N) is 1. The van der Waals surface area contributed by atoms with E-state index in [-0.39, 0.29) is 17.7 Å². The van der Waals surface area contributed by atoms with Crippen LogP contribution in [0.25, 0.3) is 0 Å². The van der Waals surface area contributed by atoms with E-state index < -0.39 is 21.5 Å². The summed E-state index contributed by atoms with van der Waals surface area (Å²) in [5.41, 5.74) is 2.21. The Morgan fingerprint density at radius 3 is 2.43 bits per heavy atom. The van der Waals surface area contributed by atoms with Crippen molar-refractivity contribution in [2.45, 2.75) is 18.7 Å². The van der Waals surface area contributed by atoms with E-state index in [4.69, 9.17) is 0 Å². The molecule has 1 aliphatic heterocycles. The number of benzene rings is 2. The molecule has 6 nitrogen and oxygen atoms in total. The fourth-order valence-electron chi connectivity index (χ4n) is 3.45. The molecule has 162 valence electrons. The summed E-state index contributed by atoms with van der Waals surface area (Å²) in [7, 11) is -3.08. The highest BCUT2D eigenvalue weighted by molar-refractivity contribution is 7.89. The predicted octanol–water partition coefficient (Wildman–Crippen LogP) is 2.84. The smallest absolute Gasteiger partial charge is 0.315 e. The molecule has 30 heavy (non-hydrogen) atoms. The second-order valence-corrected chi connectivity index (χ2v) is 9.79. The molecule has 2 aromatic carbocycles. The van der Waals surface area contributed by atoms with E-state index in [2.05, 4.69) is 10.6 Å². The Balaban J connectivity index is 1.40. The summed E-state index contributed by atoms with van der Waals surface area (Å²) in [6.07, 6.45) is 2.04. The van der Waals surface area contributed by atoms with Crippen molar-refractivity contribution in [3.8, 4) is 0 Å². The van der Waals surface area contributed by atoms with Gasteiger partial charge in [0.15, 0.2) is 21.5 Å². The van der Waals surface area contributed by atoms with Crippen molar-refractivity contribution in [2.75, 3.05) is 30.8 Å². The number of urea groups is 1. The standard InChI is InChI=1S/C21H25F2N3O3S/c1-30(28,29)14-16-4-2-15(3-5-16)11-24-21(27)25-12-17-8-9-26(13-17)18-6-7-19(22)20(23)10-18/h2-7,10,17H,8-9,11-14H2,1H3,(H2,24,25,27). The van der Waals surface area contributed by atoms with E-state index in [9.17, 15) is 22.0 Å². The van der Waals surface area contributed by atoms with Gasteiger partial charge >= 0.3 is 6.03 Å². The van der Waals surface area contributed by atoms with Crippen LogP contribution in [0.15, 0.2) is 42.5 Å². The van der Waals surface area contributed by atoms with E-state index >= 15 is 0 Å². The molecule has 3 rings (SSSR count). The Kier molecular flexibility index (Phi) is 6.91. The van der Waals surface area contributed by atoms with Crippen molar-refractivity contribution < 1.29 is 22.0 Å². The summed E-state index contributed by atoms with van der Waals surface area (Å²) in [6, 6.07) is 10.6. The number of sulfone groups is 1. The molecule has 1 aliphatic rings. The molecular weight excluding hydrogens is 412 g/mol. The number of nitrogens with one attached hydrogen (secondary N) is 2. The van der Waals surface area contributed by atoms with E-state index in [0.29, 0.717) is 30.9 Å². The molecule has 2 N–H and O–H groups in total. The summed E-state index contributed by atoms with van der Waals surface area (Å²) in [5, 5.41) is 5.61. The number of anilines is 1. The van der Waals surface area contributed by atoms with Gasteiger partial charge in [0, 0.05) is 44.2 Å². The average molecular weight is 438 g/mol. The molecule has 2 amide bonds. The van der Waals surface area contributed by atoms with Crippen LogP contribution in [-0.2, 0) is 22.1 Å². The molecule has 1 unspecified atom stereocenters. The third kappa shape index (κ3) is 6.41. The van der Waals surface area contributed by atoms with Crippen molar-refractivity contribution in [3.05, 3.63) is 65.2 Å². The van der Waals surface area contributed by atoms with Gasteiger partial charge < -0.3 is 15.5 Å². The van der Waals surface area contributed by atoms with Gasteiger partial charge in [-0.3, -0.25) is 0 Å². The molecule has 1 atom stereocenters. The predicted molar refractivity (Wildman–Crippen MR) is 112 cm³/mol. The molecule has 0 radical (unpaired) electrons. The first-order valence-corrected chi connectivity index (χ1v) is 11.7. The Morgan fingerprint density at radius 2 is 1.77 bits per heavy atom. The first-order valence-electron chi connectivity index (χ1n) is 9.67. The second-order valence-electron chi connectivity index (χ2n) is 7.65. The van der Waals surface area contributed by atoms with Gasteiger partial charge in [-0.1, -0.05) is 24.3 Å². The number of carbonyl (C=O) groups excluding carboxylic acids is 1. The first-order chi connectivity index (χ1) is 14.2. The number of rotatable bonds is 7. The molecular formula is C21H25F2N3O3S. The average Bonchev–Trinajstić information content (AvgIpc) is 3.16. The topological polar surface area (TPSA) is 78.5 Å². The summed E-state index contributed by atoms with van der Waals surface area (Å²) < 4.78 is 49.1. The highest BCUT2D eigenvalue weighted by atomic mass is 32.2. The summed E-state index contributed by atoms with van der Waals surface area (Å²) in [5.74, 6) is -1.51. The quantitative estimate of drug-likeness (QED) is 0.698. The van der Waals surface area contributed by atoms with Gasteiger partial charge in [0.05, 0.1) is 5.75 Å². The lowest BCUT2D eigenvalue weighted by Gasteiger charge is -2.19. The van der Waals surface area contributed by atoms with Crippen LogP contribution < -0.4 is 15.5 Å². The van der Waals surface area contributed by atoms with Crippen LogP contribution in [0.5, 0.6) is 0 Å². The molecule has 9 heteroatoms. The maximum Gasteiger partial charge on any atom is 0.315 e. The lowest BCUT2D eigenvalue weighted by Crippen LogP contribution is -2.38. The highest BCUT2D eigenvalue weighted by Gasteiger charge is 2.23. The molecule has 0 bridgehead atoms. The van der Waals surface area contributed by atoms with Gasteiger partial charge in [-0.2, -0.15) is 0 Å². The van der Waals surface area contributed by atoms with Crippen LogP contribution in [0.1, 0.15) is 17.5 Å². The van der Waals surface area contributed by atoms with E-state index in [0.717, 1.165) is 24.6 Å². The second kappa shape index (κ2) is 9.42. The SMILES string of the molecule is CS(=O)(=O)Cc1ccc(CNC(=O)NCC2CCN(c3ccc(F)c(F)c3)C2)cc1. The third-order valence-electron chi connectivity index (χ3n) is 5.01. The lowest BCUT2D eigenvalue weighted by molar-refractivity contribution is 0.239. The van der Waals surface area contributed by atoms with Crippen molar-refractivity contribution in [3.63, 3.8) is 0 Å². The Bertz CT molecular complexity index is 997. The van der Waals surface area contributed by atoms with E-state index in [1.54, 1.807) is 30.3 Å². The number of halogens is 2. The minimum absolute atomic E-state index is 0.00976. The van der Waals surface area contributed by atoms with Gasteiger partial charge in [0.1, 0.15) is 0 Å². The van der Waals surface area contributed by atoms with Crippen LogP contribution in [0.4, 0.5) is 19.3 Å².